The molecule has 1 aliphatic heterocycles. The zero-order valence-electron chi connectivity index (χ0n) is 10.8. The Balaban J connectivity index is 2.17. The maximum Gasteiger partial charge on any atom is 0.176 e. The molecule has 1 atom stereocenters. The number of aromatic nitrogens is 1. The summed E-state index contributed by atoms with van der Waals surface area (Å²) in [6.07, 6.45) is 1.10. The van der Waals surface area contributed by atoms with Gasteiger partial charge >= 0.3 is 0 Å². The molecular formula is C14H7BrClF3N2O. The number of benzene rings is 1. The molecule has 2 heterocycles. The Morgan fingerprint density at radius 3 is 2.45 bits per heavy atom. The van der Waals surface area contributed by atoms with E-state index in [0.29, 0.717) is 23.2 Å². The topological polar surface area (TPSA) is 34.5 Å². The maximum atomic E-state index is 14.0. The van der Waals surface area contributed by atoms with E-state index < -0.39 is 29.1 Å². The van der Waals surface area contributed by atoms with Gasteiger partial charge in [0, 0.05) is 30.3 Å². The molecule has 0 amide bonds. The highest BCUT2D eigenvalue weighted by Crippen LogP contribution is 2.37. The van der Waals surface area contributed by atoms with Gasteiger partial charge in [-0.15, -0.1) is 0 Å². The Morgan fingerprint density at radius 1 is 1.18 bits per heavy atom. The van der Waals surface area contributed by atoms with Crippen LogP contribution in [0.25, 0.3) is 11.1 Å². The van der Waals surface area contributed by atoms with Crippen LogP contribution < -0.4 is 0 Å². The van der Waals surface area contributed by atoms with Crippen LogP contribution in [-0.4, -0.2) is 9.60 Å². The Labute approximate surface area is 136 Å². The largest absolute Gasteiger partial charge is 0.385 e. The van der Waals surface area contributed by atoms with E-state index >= 15 is 0 Å². The lowest BCUT2D eigenvalue weighted by atomic mass is 9.99. The van der Waals surface area contributed by atoms with Crippen molar-refractivity contribution in [1.82, 2.24) is 4.98 Å². The average molecular weight is 392 g/mol. The monoisotopic (exact) mass is 390 g/mol. The summed E-state index contributed by atoms with van der Waals surface area (Å²) in [4.78, 5) is 9.27. The Morgan fingerprint density at radius 2 is 1.86 bits per heavy atom. The maximum absolute atomic E-state index is 14.0. The van der Waals surface area contributed by atoms with Crippen LogP contribution in [0.1, 0.15) is 18.2 Å². The van der Waals surface area contributed by atoms with E-state index in [4.69, 9.17) is 16.4 Å². The van der Waals surface area contributed by atoms with Crippen molar-refractivity contribution in [3.05, 3.63) is 52.6 Å². The first-order chi connectivity index (χ1) is 10.5. The second-order valence-electron chi connectivity index (χ2n) is 4.60. The summed E-state index contributed by atoms with van der Waals surface area (Å²) >= 11 is 9.06. The fourth-order valence-electron chi connectivity index (χ4n) is 2.20. The van der Waals surface area contributed by atoms with Crippen molar-refractivity contribution in [2.45, 2.75) is 12.5 Å². The molecule has 1 aromatic heterocycles. The van der Waals surface area contributed by atoms with Crippen LogP contribution in [0.3, 0.4) is 0 Å². The molecule has 0 aliphatic carbocycles. The molecule has 8 heteroatoms. The predicted octanol–water partition coefficient (Wildman–Crippen LogP) is 4.99. The minimum Gasteiger partial charge on any atom is -0.385 e. The third-order valence-electron chi connectivity index (χ3n) is 3.10. The van der Waals surface area contributed by atoms with Crippen LogP contribution >= 0.6 is 27.5 Å². The van der Waals surface area contributed by atoms with Crippen molar-refractivity contribution >= 4 is 32.2 Å². The zero-order chi connectivity index (χ0) is 15.9. The lowest BCUT2D eigenvalue weighted by Crippen LogP contribution is -2.05. The first kappa shape index (κ1) is 15.3. The Kier molecular flexibility index (Phi) is 4.10. The smallest absolute Gasteiger partial charge is 0.176 e. The molecule has 0 fully saturated rings. The van der Waals surface area contributed by atoms with Gasteiger partial charge in [0.15, 0.2) is 6.10 Å². The van der Waals surface area contributed by atoms with Crippen molar-refractivity contribution in [1.29, 1.82) is 0 Å². The third kappa shape index (κ3) is 2.83. The molecule has 1 aliphatic rings. The van der Waals surface area contributed by atoms with E-state index in [-0.39, 0.29) is 16.3 Å². The van der Waals surface area contributed by atoms with E-state index in [0.717, 1.165) is 0 Å². The molecule has 3 rings (SSSR count). The number of oxime groups is 1. The van der Waals surface area contributed by atoms with Crippen LogP contribution in [0.15, 0.2) is 29.6 Å². The molecule has 0 bridgehead atoms. The van der Waals surface area contributed by atoms with Crippen LogP contribution in [0, 0.1) is 17.5 Å². The molecule has 0 saturated heterocycles. The molecule has 1 aromatic carbocycles. The minimum atomic E-state index is -1.04. The summed E-state index contributed by atoms with van der Waals surface area (Å²) < 4.78 is 41.7. The lowest BCUT2D eigenvalue weighted by molar-refractivity contribution is 0.0830. The minimum absolute atomic E-state index is 0.102. The molecule has 3 nitrogen and oxygen atoms in total. The van der Waals surface area contributed by atoms with Crippen molar-refractivity contribution in [3.8, 4) is 11.1 Å². The molecule has 0 radical (unpaired) electrons. The lowest BCUT2D eigenvalue weighted by Gasteiger charge is -2.14. The highest BCUT2D eigenvalue weighted by molar-refractivity contribution is 9.18. The zero-order valence-corrected chi connectivity index (χ0v) is 13.1. The first-order valence-electron chi connectivity index (χ1n) is 6.14. The van der Waals surface area contributed by atoms with Crippen molar-refractivity contribution in [2.75, 3.05) is 0 Å². The van der Waals surface area contributed by atoms with Crippen molar-refractivity contribution in [2.24, 2.45) is 5.16 Å². The number of hydrogen-bond acceptors (Lipinski definition) is 3. The summed E-state index contributed by atoms with van der Waals surface area (Å²) in [6, 6.07) is 2.56. The normalized spacial score (nSPS) is 17.3. The van der Waals surface area contributed by atoms with Gasteiger partial charge in [-0.3, -0.25) is 4.98 Å². The number of pyridine rings is 1. The van der Waals surface area contributed by atoms with E-state index in [1.807, 2.05) is 0 Å². The summed E-state index contributed by atoms with van der Waals surface area (Å²) in [5.41, 5.74) is -0.0325. The van der Waals surface area contributed by atoms with Crippen molar-refractivity contribution < 1.29 is 18.0 Å². The van der Waals surface area contributed by atoms with Gasteiger partial charge < -0.3 is 4.84 Å². The molecule has 0 N–H and O–H groups in total. The Bertz CT molecular complexity index is 762. The van der Waals surface area contributed by atoms with Crippen LogP contribution in [0.4, 0.5) is 13.2 Å². The van der Waals surface area contributed by atoms with Gasteiger partial charge in [-0.25, -0.2) is 13.2 Å². The number of rotatable bonds is 2. The van der Waals surface area contributed by atoms with E-state index in [9.17, 15) is 13.2 Å². The van der Waals surface area contributed by atoms with Crippen LogP contribution in [-0.2, 0) is 4.84 Å². The predicted molar refractivity (Wildman–Crippen MR) is 79.4 cm³/mol. The molecule has 114 valence electrons. The van der Waals surface area contributed by atoms with Gasteiger partial charge in [-0.05, 0) is 22.0 Å². The summed E-state index contributed by atoms with van der Waals surface area (Å²) in [5, 5.41) is 3.92. The first-order valence-corrected chi connectivity index (χ1v) is 7.31. The second-order valence-corrected chi connectivity index (χ2v) is 5.95. The van der Waals surface area contributed by atoms with Gasteiger partial charge in [0.1, 0.15) is 22.1 Å². The number of hydrogen-bond donors (Lipinski definition) is 0. The van der Waals surface area contributed by atoms with Gasteiger partial charge in [0.25, 0.3) is 0 Å². The number of halogens is 5. The van der Waals surface area contributed by atoms with Crippen LogP contribution in [0.2, 0.25) is 5.02 Å². The van der Waals surface area contributed by atoms with Crippen LogP contribution in [0.5, 0.6) is 0 Å². The molecule has 2 aromatic rings. The highest BCUT2D eigenvalue weighted by atomic mass is 79.9. The van der Waals surface area contributed by atoms with Gasteiger partial charge in [-0.2, -0.15) is 0 Å². The number of nitrogens with zero attached hydrogens (tertiary/aromatic N) is 2. The van der Waals surface area contributed by atoms with E-state index in [1.54, 1.807) is 0 Å². The summed E-state index contributed by atoms with van der Waals surface area (Å²) in [6.45, 7) is 0. The highest BCUT2D eigenvalue weighted by Gasteiger charge is 2.28. The molecule has 1 unspecified atom stereocenters. The average Bonchev–Trinajstić information content (AvgIpc) is 2.84. The van der Waals surface area contributed by atoms with Crippen molar-refractivity contribution in [3.63, 3.8) is 0 Å². The molecule has 0 spiro atoms. The van der Waals surface area contributed by atoms with Gasteiger partial charge in [-0.1, -0.05) is 16.8 Å². The second kappa shape index (κ2) is 5.89. The van der Waals surface area contributed by atoms with E-state index in [2.05, 4.69) is 26.1 Å². The SMILES string of the molecule is Fc1cc(F)c(-c2cc(Cl)cnc2C2CC(Br)=NO2)c(F)c1. The molecule has 0 saturated carbocycles. The van der Waals surface area contributed by atoms with Gasteiger partial charge in [0.05, 0.1) is 16.3 Å². The molecular weight excluding hydrogens is 385 g/mol. The fourth-order valence-corrected chi connectivity index (χ4v) is 2.74. The molecule has 22 heavy (non-hydrogen) atoms. The summed E-state index contributed by atoms with van der Waals surface area (Å²) in [7, 11) is 0. The quantitative estimate of drug-likeness (QED) is 0.723. The van der Waals surface area contributed by atoms with Gasteiger partial charge in [0.2, 0.25) is 0 Å². The third-order valence-corrected chi connectivity index (χ3v) is 3.77. The summed E-state index contributed by atoms with van der Waals surface area (Å²) in [5.74, 6) is -3.08. The Hall–Kier alpha value is -1.60. The fraction of sp³-hybridized carbons (Fsp3) is 0.143. The standard InChI is InChI=1S/C14H7BrClF3N2O/c15-12-4-11(22-21-12)14-8(1-6(16)5-20-14)13-9(18)2-7(17)3-10(13)19/h1-3,5,11H,4H2. The van der Waals surface area contributed by atoms with E-state index in [1.165, 1.54) is 12.3 Å².